The Morgan fingerprint density at radius 2 is 1.68 bits per heavy atom. The number of benzene rings is 2. The van der Waals surface area contributed by atoms with Crippen LogP contribution < -0.4 is 15.5 Å². The Labute approximate surface area is 178 Å². The van der Waals surface area contributed by atoms with Crippen molar-refractivity contribution in [3.8, 4) is 11.5 Å². The lowest BCUT2D eigenvalue weighted by Crippen LogP contribution is -2.19. The molecule has 0 aliphatic carbocycles. The number of ether oxygens (including phenoxy) is 1. The Balaban J connectivity index is 1.70. The first-order chi connectivity index (χ1) is 14.7. The van der Waals surface area contributed by atoms with Crippen LogP contribution in [-0.2, 0) is 6.18 Å². The molecule has 3 N–H and O–H groups in total. The maximum Gasteiger partial charge on any atom is 0.417 e. The summed E-state index contributed by atoms with van der Waals surface area (Å²) in [6.45, 7) is 0. The first kappa shape index (κ1) is 22.1. The molecular formula is C20H13ClF3N3O4. The molecule has 31 heavy (non-hydrogen) atoms. The van der Waals surface area contributed by atoms with Gasteiger partial charge in [0, 0.05) is 23.5 Å². The van der Waals surface area contributed by atoms with Gasteiger partial charge in [-0.25, -0.2) is 5.48 Å². The van der Waals surface area contributed by atoms with Gasteiger partial charge in [-0.05, 0) is 48.5 Å². The molecule has 3 rings (SSSR count). The van der Waals surface area contributed by atoms with Crippen LogP contribution in [0.5, 0.6) is 11.5 Å². The first-order valence-electron chi connectivity index (χ1n) is 8.54. The van der Waals surface area contributed by atoms with Crippen LogP contribution in [0.15, 0.2) is 60.8 Å². The average molecular weight is 452 g/mol. The van der Waals surface area contributed by atoms with E-state index >= 15 is 0 Å². The van der Waals surface area contributed by atoms with Crippen molar-refractivity contribution in [3.05, 3.63) is 82.6 Å². The number of hydrogen-bond acceptors (Lipinski definition) is 5. The van der Waals surface area contributed by atoms with E-state index in [0.717, 1.165) is 6.07 Å². The normalized spacial score (nSPS) is 11.0. The number of carbonyl (C=O) groups excluding carboxylic acids is 2. The van der Waals surface area contributed by atoms with Gasteiger partial charge in [-0.3, -0.25) is 19.8 Å². The summed E-state index contributed by atoms with van der Waals surface area (Å²) in [5.74, 6) is -0.930. The zero-order chi connectivity index (χ0) is 22.6. The van der Waals surface area contributed by atoms with Crippen LogP contribution in [0.4, 0.5) is 18.9 Å². The van der Waals surface area contributed by atoms with E-state index in [1.165, 1.54) is 54.1 Å². The van der Waals surface area contributed by atoms with Gasteiger partial charge < -0.3 is 10.1 Å². The van der Waals surface area contributed by atoms with Crippen LogP contribution in [0.1, 0.15) is 26.4 Å². The fraction of sp³-hybridized carbons (Fsp3) is 0.0500. The third-order valence-electron chi connectivity index (χ3n) is 3.95. The molecule has 0 bridgehead atoms. The zero-order valence-corrected chi connectivity index (χ0v) is 16.2. The second-order valence-electron chi connectivity index (χ2n) is 6.09. The Morgan fingerprint density at radius 1 is 0.968 bits per heavy atom. The molecule has 0 saturated heterocycles. The molecule has 1 heterocycles. The number of nitrogens with one attached hydrogen (secondary N) is 2. The molecule has 7 nitrogen and oxygen atoms in total. The maximum absolute atomic E-state index is 13.0. The number of hydroxylamine groups is 1. The van der Waals surface area contributed by atoms with Crippen LogP contribution in [0, 0.1) is 0 Å². The lowest BCUT2D eigenvalue weighted by atomic mass is 10.1. The molecule has 11 heteroatoms. The standard InChI is InChI=1S/C20H13ClF3N3O4/c21-16-6-1-11(9-15(16)20(22,23)24)18(28)26-12-2-4-13(5-3-12)31-14-7-8-25-17(10-14)19(29)27-30/h1-10,30H,(H,26,28)(H,27,29). The number of halogens is 4. The summed E-state index contributed by atoms with van der Waals surface area (Å²) in [4.78, 5) is 27.5. The van der Waals surface area contributed by atoms with Crippen molar-refractivity contribution < 1.29 is 32.7 Å². The minimum absolute atomic E-state index is 0.0647. The summed E-state index contributed by atoms with van der Waals surface area (Å²) in [7, 11) is 0. The second kappa shape index (κ2) is 9.02. The quantitative estimate of drug-likeness (QED) is 0.378. The Morgan fingerprint density at radius 3 is 2.32 bits per heavy atom. The summed E-state index contributed by atoms with van der Waals surface area (Å²) in [6, 6.07) is 11.6. The minimum Gasteiger partial charge on any atom is -0.457 e. The molecule has 0 spiro atoms. The van der Waals surface area contributed by atoms with Gasteiger partial charge in [0.2, 0.25) is 0 Å². The molecule has 2 aromatic carbocycles. The second-order valence-corrected chi connectivity index (χ2v) is 6.50. The number of amides is 2. The van der Waals surface area contributed by atoms with Crippen molar-refractivity contribution >= 4 is 29.1 Å². The maximum atomic E-state index is 13.0. The fourth-order valence-corrected chi connectivity index (χ4v) is 2.71. The predicted octanol–water partition coefficient (Wildman–Crippen LogP) is 4.92. The lowest BCUT2D eigenvalue weighted by molar-refractivity contribution is -0.137. The van der Waals surface area contributed by atoms with Crippen molar-refractivity contribution in [1.29, 1.82) is 0 Å². The lowest BCUT2D eigenvalue weighted by Gasteiger charge is -2.11. The van der Waals surface area contributed by atoms with E-state index < -0.39 is 28.6 Å². The Hall–Kier alpha value is -3.63. The summed E-state index contributed by atoms with van der Waals surface area (Å²) >= 11 is 5.56. The molecule has 0 fully saturated rings. The SMILES string of the molecule is O=C(Nc1ccc(Oc2ccnc(C(=O)NO)c2)cc1)c1ccc(Cl)c(C(F)(F)F)c1. The number of carbonyl (C=O) groups is 2. The molecule has 0 aliphatic heterocycles. The first-order valence-corrected chi connectivity index (χ1v) is 8.91. The molecule has 1 aromatic heterocycles. The third-order valence-corrected chi connectivity index (χ3v) is 4.28. The van der Waals surface area contributed by atoms with Gasteiger partial charge in [0.25, 0.3) is 11.8 Å². The van der Waals surface area contributed by atoms with Crippen LogP contribution in [0.25, 0.3) is 0 Å². The fourth-order valence-electron chi connectivity index (χ4n) is 2.49. The molecular weight excluding hydrogens is 439 g/mol. The van der Waals surface area contributed by atoms with Gasteiger partial charge >= 0.3 is 6.18 Å². The van der Waals surface area contributed by atoms with E-state index in [2.05, 4.69) is 10.3 Å². The van der Waals surface area contributed by atoms with E-state index in [-0.39, 0.29) is 17.0 Å². The highest BCUT2D eigenvalue weighted by Gasteiger charge is 2.33. The van der Waals surface area contributed by atoms with Crippen LogP contribution in [-0.4, -0.2) is 22.0 Å². The molecule has 0 aliphatic rings. The van der Waals surface area contributed by atoms with Gasteiger partial charge in [0.1, 0.15) is 17.2 Å². The highest BCUT2D eigenvalue weighted by atomic mass is 35.5. The van der Waals surface area contributed by atoms with Crippen LogP contribution in [0.2, 0.25) is 5.02 Å². The number of pyridine rings is 1. The van der Waals surface area contributed by atoms with E-state index in [9.17, 15) is 22.8 Å². The van der Waals surface area contributed by atoms with E-state index in [1.807, 2.05) is 0 Å². The molecule has 0 radical (unpaired) electrons. The summed E-state index contributed by atoms with van der Waals surface area (Å²) in [6.07, 6.45) is -3.37. The average Bonchev–Trinajstić information content (AvgIpc) is 2.74. The number of alkyl halides is 3. The number of nitrogens with zero attached hydrogens (tertiary/aromatic N) is 1. The molecule has 3 aromatic rings. The van der Waals surface area contributed by atoms with Crippen LogP contribution in [0.3, 0.4) is 0 Å². The van der Waals surface area contributed by atoms with Crippen molar-refractivity contribution in [2.75, 3.05) is 5.32 Å². The summed E-state index contributed by atoms with van der Waals surface area (Å²) in [5.41, 5.74) is 0.405. The van der Waals surface area contributed by atoms with Gasteiger partial charge in [-0.1, -0.05) is 11.6 Å². The number of aromatic nitrogens is 1. The Kier molecular flexibility index (Phi) is 6.42. The van der Waals surface area contributed by atoms with Crippen LogP contribution >= 0.6 is 11.6 Å². The number of anilines is 1. The van der Waals surface area contributed by atoms with E-state index in [4.69, 9.17) is 21.5 Å². The Bertz CT molecular complexity index is 1120. The predicted molar refractivity (Wildman–Crippen MR) is 104 cm³/mol. The smallest absolute Gasteiger partial charge is 0.417 e. The molecule has 0 atom stereocenters. The van der Waals surface area contributed by atoms with Crippen molar-refractivity contribution in [3.63, 3.8) is 0 Å². The summed E-state index contributed by atoms with van der Waals surface area (Å²) < 4.78 is 44.5. The largest absolute Gasteiger partial charge is 0.457 e. The van der Waals surface area contributed by atoms with E-state index in [0.29, 0.717) is 17.5 Å². The molecule has 0 unspecified atom stereocenters. The number of hydrogen-bond donors (Lipinski definition) is 3. The van der Waals surface area contributed by atoms with Gasteiger partial charge in [0.05, 0.1) is 10.6 Å². The van der Waals surface area contributed by atoms with Gasteiger partial charge in [-0.2, -0.15) is 13.2 Å². The number of rotatable bonds is 5. The van der Waals surface area contributed by atoms with Crippen molar-refractivity contribution in [2.24, 2.45) is 0 Å². The zero-order valence-electron chi connectivity index (χ0n) is 15.4. The topological polar surface area (TPSA) is 101 Å². The monoisotopic (exact) mass is 451 g/mol. The van der Waals surface area contributed by atoms with Gasteiger partial charge in [-0.15, -0.1) is 0 Å². The molecule has 2 amide bonds. The minimum atomic E-state index is -4.68. The van der Waals surface area contributed by atoms with Gasteiger partial charge in [0.15, 0.2) is 0 Å². The van der Waals surface area contributed by atoms with Crippen molar-refractivity contribution in [2.45, 2.75) is 6.18 Å². The highest BCUT2D eigenvalue weighted by Crippen LogP contribution is 2.35. The summed E-state index contributed by atoms with van der Waals surface area (Å²) in [5, 5.41) is 10.6. The highest BCUT2D eigenvalue weighted by molar-refractivity contribution is 6.31. The van der Waals surface area contributed by atoms with Crippen molar-refractivity contribution in [1.82, 2.24) is 10.5 Å². The third kappa shape index (κ3) is 5.50. The molecule has 0 saturated carbocycles. The molecule has 160 valence electrons. The van der Waals surface area contributed by atoms with E-state index in [1.54, 1.807) is 0 Å².